The second-order valence-electron chi connectivity index (χ2n) is 6.70. The highest BCUT2D eigenvalue weighted by Gasteiger charge is 2.33. The predicted octanol–water partition coefficient (Wildman–Crippen LogP) is 8.19. The smallest absolute Gasteiger partial charge is 0.270 e. The maximum absolute atomic E-state index is 13.1. The van der Waals surface area contributed by atoms with E-state index in [1.54, 1.807) is 18.2 Å². The highest BCUT2D eigenvalue weighted by atomic mass is 127. The summed E-state index contributed by atoms with van der Waals surface area (Å²) in [6.07, 6.45) is 1.85. The molecule has 1 saturated heterocycles. The van der Waals surface area contributed by atoms with Crippen LogP contribution in [0.1, 0.15) is 11.1 Å². The fourth-order valence-electron chi connectivity index (χ4n) is 3.00. The fraction of sp³-hybridized carbons (Fsp3) is 0.0435. The molecule has 0 unspecified atom stereocenters. The third-order valence-corrected chi connectivity index (χ3v) is 8.14. The Balaban J connectivity index is 1.56. The number of ether oxygens (including phenoxy) is 1. The number of benzene rings is 3. The van der Waals surface area contributed by atoms with Crippen molar-refractivity contribution in [3.05, 3.63) is 93.9 Å². The molecule has 0 aliphatic carbocycles. The van der Waals surface area contributed by atoms with Crippen LogP contribution in [0.4, 0.5) is 5.69 Å². The number of hydrogen-bond donors (Lipinski definition) is 0. The molecule has 0 bridgehead atoms. The second kappa shape index (κ2) is 10.6. The first-order valence-electron chi connectivity index (χ1n) is 9.22. The highest BCUT2D eigenvalue weighted by molar-refractivity contribution is 14.1. The quantitative estimate of drug-likeness (QED) is 0.151. The van der Waals surface area contributed by atoms with Gasteiger partial charge in [-0.3, -0.25) is 9.69 Å². The molecular formula is C23H13Cl2I2NO2S2. The molecule has 9 heteroatoms. The van der Waals surface area contributed by atoms with Crippen molar-refractivity contribution in [1.82, 2.24) is 0 Å². The zero-order valence-corrected chi connectivity index (χ0v) is 23.6. The first-order chi connectivity index (χ1) is 15.3. The topological polar surface area (TPSA) is 29.5 Å². The maximum Gasteiger partial charge on any atom is 0.270 e. The number of amides is 1. The number of thiocarbonyl (C=S) groups is 1. The Kier molecular flexibility index (Phi) is 8.05. The average molecular weight is 724 g/mol. The van der Waals surface area contributed by atoms with Gasteiger partial charge in [0.1, 0.15) is 12.4 Å². The summed E-state index contributed by atoms with van der Waals surface area (Å²) >= 11 is 23.3. The minimum atomic E-state index is -0.187. The number of thioether (sulfide) groups is 1. The normalized spacial score (nSPS) is 15.0. The van der Waals surface area contributed by atoms with Crippen LogP contribution in [-0.4, -0.2) is 10.2 Å². The van der Waals surface area contributed by atoms with Crippen LogP contribution < -0.4 is 9.64 Å². The standard InChI is InChI=1S/C23H13Cl2I2NO2S2/c24-16-7-6-15(11-17(16)25)28-22(29)20(32-23(28)31)10-14-8-18(26)21(19(27)9-14)30-12-13-4-2-1-3-5-13/h1-11H,12H2/b20-10-. The molecule has 0 saturated carbocycles. The molecule has 1 aliphatic heterocycles. The number of rotatable bonds is 5. The van der Waals surface area contributed by atoms with Gasteiger partial charge < -0.3 is 4.74 Å². The molecule has 4 rings (SSSR count). The van der Waals surface area contributed by atoms with E-state index >= 15 is 0 Å². The number of halogens is 4. The van der Waals surface area contributed by atoms with Gasteiger partial charge in [-0.2, -0.15) is 0 Å². The van der Waals surface area contributed by atoms with E-state index in [1.807, 2.05) is 48.5 Å². The van der Waals surface area contributed by atoms with E-state index in [0.717, 1.165) is 24.0 Å². The summed E-state index contributed by atoms with van der Waals surface area (Å²) in [4.78, 5) is 15.1. The van der Waals surface area contributed by atoms with Crippen LogP contribution in [0.3, 0.4) is 0 Å². The Labute approximate surface area is 232 Å². The van der Waals surface area contributed by atoms with E-state index in [0.29, 0.717) is 31.6 Å². The van der Waals surface area contributed by atoms with Crippen molar-refractivity contribution in [3.8, 4) is 5.75 Å². The summed E-state index contributed by atoms with van der Waals surface area (Å²) in [5.74, 6) is 0.642. The zero-order chi connectivity index (χ0) is 22.8. The Morgan fingerprint density at radius 2 is 1.69 bits per heavy atom. The molecule has 1 fully saturated rings. The Morgan fingerprint density at radius 1 is 1.00 bits per heavy atom. The lowest BCUT2D eigenvalue weighted by atomic mass is 10.2. The third kappa shape index (κ3) is 5.44. The third-order valence-electron chi connectivity index (χ3n) is 4.50. The summed E-state index contributed by atoms with van der Waals surface area (Å²) in [5.41, 5.74) is 2.61. The van der Waals surface area contributed by atoms with E-state index in [2.05, 4.69) is 45.2 Å². The van der Waals surface area contributed by atoms with Crippen LogP contribution in [-0.2, 0) is 11.4 Å². The van der Waals surface area contributed by atoms with Gasteiger partial charge >= 0.3 is 0 Å². The molecule has 1 heterocycles. The van der Waals surface area contributed by atoms with Gasteiger partial charge in [-0.25, -0.2) is 0 Å². The molecule has 3 nitrogen and oxygen atoms in total. The van der Waals surface area contributed by atoms with E-state index in [4.69, 9.17) is 40.2 Å². The Morgan fingerprint density at radius 3 is 2.34 bits per heavy atom. The number of carbonyl (C=O) groups excluding carboxylic acids is 1. The average Bonchev–Trinajstić information content (AvgIpc) is 3.03. The minimum absolute atomic E-state index is 0.187. The van der Waals surface area contributed by atoms with Crippen LogP contribution in [0.25, 0.3) is 6.08 Å². The van der Waals surface area contributed by atoms with E-state index < -0.39 is 0 Å². The number of hydrogen-bond acceptors (Lipinski definition) is 4. The second-order valence-corrected chi connectivity index (χ2v) is 11.5. The molecular weight excluding hydrogens is 711 g/mol. The lowest BCUT2D eigenvalue weighted by Gasteiger charge is -2.15. The van der Waals surface area contributed by atoms with E-state index in [1.165, 1.54) is 16.7 Å². The fourth-order valence-corrected chi connectivity index (χ4v) is 6.72. The van der Waals surface area contributed by atoms with Crippen molar-refractivity contribution in [2.24, 2.45) is 0 Å². The van der Waals surface area contributed by atoms with Crippen molar-refractivity contribution in [3.63, 3.8) is 0 Å². The van der Waals surface area contributed by atoms with Gasteiger partial charge in [0.15, 0.2) is 4.32 Å². The van der Waals surface area contributed by atoms with Gasteiger partial charge in [0.05, 0.1) is 27.8 Å². The first kappa shape index (κ1) is 24.3. The molecule has 0 spiro atoms. The van der Waals surface area contributed by atoms with Gasteiger partial charge in [-0.1, -0.05) is 77.5 Å². The van der Waals surface area contributed by atoms with Crippen LogP contribution in [0.15, 0.2) is 65.6 Å². The predicted molar refractivity (Wildman–Crippen MR) is 155 cm³/mol. The molecule has 0 aromatic heterocycles. The maximum atomic E-state index is 13.1. The molecule has 0 atom stereocenters. The van der Waals surface area contributed by atoms with E-state index in [9.17, 15) is 4.79 Å². The molecule has 0 radical (unpaired) electrons. The summed E-state index contributed by atoms with van der Waals surface area (Å²) in [7, 11) is 0. The molecule has 3 aromatic rings. The molecule has 3 aromatic carbocycles. The summed E-state index contributed by atoms with van der Waals surface area (Å²) in [6, 6.07) is 19.0. The summed E-state index contributed by atoms with van der Waals surface area (Å²) in [6.45, 7) is 0.495. The van der Waals surface area contributed by atoms with Crippen LogP contribution in [0.2, 0.25) is 10.0 Å². The molecule has 1 aliphatic rings. The monoisotopic (exact) mass is 723 g/mol. The van der Waals surface area contributed by atoms with Gasteiger partial charge in [0, 0.05) is 0 Å². The van der Waals surface area contributed by atoms with Crippen LogP contribution >= 0.6 is 92.4 Å². The number of anilines is 1. The highest BCUT2D eigenvalue weighted by Crippen LogP contribution is 2.39. The van der Waals surface area contributed by atoms with Gasteiger partial charge in [-0.05, 0) is 92.7 Å². The van der Waals surface area contributed by atoms with Crippen LogP contribution in [0.5, 0.6) is 5.75 Å². The minimum Gasteiger partial charge on any atom is -0.487 e. The first-order valence-corrected chi connectivity index (χ1v) is 13.4. The van der Waals surface area contributed by atoms with Crippen molar-refractivity contribution < 1.29 is 9.53 Å². The van der Waals surface area contributed by atoms with Crippen molar-refractivity contribution >= 4 is 114 Å². The van der Waals surface area contributed by atoms with Crippen molar-refractivity contribution in [2.75, 3.05) is 4.90 Å². The Hall–Kier alpha value is -0.850. The van der Waals surface area contributed by atoms with Crippen molar-refractivity contribution in [2.45, 2.75) is 6.61 Å². The molecule has 32 heavy (non-hydrogen) atoms. The lowest BCUT2D eigenvalue weighted by molar-refractivity contribution is -0.113. The van der Waals surface area contributed by atoms with Gasteiger partial charge in [0.25, 0.3) is 5.91 Å². The summed E-state index contributed by atoms with van der Waals surface area (Å²) in [5, 5.41) is 0.799. The Bertz CT molecular complexity index is 1230. The lowest BCUT2D eigenvalue weighted by Crippen LogP contribution is -2.27. The van der Waals surface area contributed by atoms with Gasteiger partial charge in [0.2, 0.25) is 0 Å². The number of carbonyl (C=O) groups is 1. The number of nitrogens with zero attached hydrogens (tertiary/aromatic N) is 1. The van der Waals surface area contributed by atoms with Gasteiger partial charge in [-0.15, -0.1) is 0 Å². The SMILES string of the molecule is O=C1/C(=C/c2cc(I)c(OCc3ccccc3)c(I)c2)SC(=S)N1c1ccc(Cl)c(Cl)c1. The van der Waals surface area contributed by atoms with Crippen LogP contribution in [0, 0.1) is 7.14 Å². The zero-order valence-electron chi connectivity index (χ0n) is 16.2. The van der Waals surface area contributed by atoms with Crippen molar-refractivity contribution in [1.29, 1.82) is 0 Å². The molecule has 1 amide bonds. The molecule has 162 valence electrons. The molecule has 0 N–H and O–H groups in total. The van der Waals surface area contributed by atoms with E-state index in [-0.39, 0.29) is 5.91 Å². The largest absolute Gasteiger partial charge is 0.487 e. The summed E-state index contributed by atoms with van der Waals surface area (Å²) < 4.78 is 8.44.